The molecule has 0 spiro atoms. The van der Waals surface area contributed by atoms with Gasteiger partial charge in [0.15, 0.2) is 0 Å². The third kappa shape index (κ3) is 3.97. The van der Waals surface area contributed by atoms with E-state index in [9.17, 15) is 4.79 Å². The lowest BCUT2D eigenvalue weighted by Gasteiger charge is -2.30. The molecule has 0 aromatic heterocycles. The molecule has 1 aliphatic rings. The number of hydrogen-bond acceptors (Lipinski definition) is 3. The first-order chi connectivity index (χ1) is 9.99. The first-order valence-electron chi connectivity index (χ1n) is 7.80. The van der Waals surface area contributed by atoms with E-state index in [-0.39, 0.29) is 12.0 Å². The van der Waals surface area contributed by atoms with Gasteiger partial charge in [0.2, 0.25) is 0 Å². The summed E-state index contributed by atoms with van der Waals surface area (Å²) in [6.45, 7) is 5.93. The predicted octanol–water partition coefficient (Wildman–Crippen LogP) is 3.50. The molecule has 0 bridgehead atoms. The minimum absolute atomic E-state index is 0.110. The van der Waals surface area contributed by atoms with Gasteiger partial charge in [-0.3, -0.25) is 4.79 Å². The van der Waals surface area contributed by atoms with E-state index < -0.39 is 6.10 Å². The van der Waals surface area contributed by atoms with Crippen molar-refractivity contribution in [1.29, 1.82) is 0 Å². The second-order valence-electron chi connectivity index (χ2n) is 6.09. The van der Waals surface area contributed by atoms with E-state index in [2.05, 4.69) is 12.2 Å². The number of carbonyl (C=O) groups excluding carboxylic acids is 1. The molecule has 3 N–H and O–H groups in total. The number of amides is 1. The Morgan fingerprint density at radius 2 is 2.10 bits per heavy atom. The van der Waals surface area contributed by atoms with E-state index in [0.717, 1.165) is 17.7 Å². The van der Waals surface area contributed by atoms with E-state index in [1.54, 1.807) is 0 Å². The van der Waals surface area contributed by atoms with Gasteiger partial charge in [-0.25, -0.2) is 0 Å². The molecule has 2 rings (SSSR count). The van der Waals surface area contributed by atoms with Gasteiger partial charge in [0.1, 0.15) is 6.10 Å². The molecular formula is C17H26N2O2. The lowest BCUT2D eigenvalue weighted by molar-refractivity contribution is -0.133. The van der Waals surface area contributed by atoms with Crippen LogP contribution < -0.4 is 11.1 Å². The van der Waals surface area contributed by atoms with Crippen molar-refractivity contribution in [3.63, 3.8) is 0 Å². The topological polar surface area (TPSA) is 64.3 Å². The Bertz CT molecular complexity index is 502. The highest BCUT2D eigenvalue weighted by Crippen LogP contribution is 2.27. The van der Waals surface area contributed by atoms with Crippen LogP contribution in [0.25, 0.3) is 0 Å². The maximum Gasteiger partial charge on any atom is 0.253 e. The summed E-state index contributed by atoms with van der Waals surface area (Å²) in [7, 11) is 0. The number of ether oxygens (including phenoxy) is 1. The molecule has 1 aromatic rings. The fourth-order valence-electron chi connectivity index (χ4n) is 2.83. The summed E-state index contributed by atoms with van der Waals surface area (Å²) in [5.41, 5.74) is 8.19. The second-order valence-corrected chi connectivity index (χ2v) is 6.09. The summed E-state index contributed by atoms with van der Waals surface area (Å²) in [4.78, 5) is 12.3. The lowest BCUT2D eigenvalue weighted by atomic mass is 9.88. The van der Waals surface area contributed by atoms with Gasteiger partial charge in [0.25, 0.3) is 5.91 Å². The van der Waals surface area contributed by atoms with Crippen molar-refractivity contribution in [2.75, 3.05) is 11.1 Å². The molecule has 0 radical (unpaired) electrons. The summed E-state index contributed by atoms with van der Waals surface area (Å²) >= 11 is 0. The van der Waals surface area contributed by atoms with Crippen LogP contribution in [-0.2, 0) is 9.53 Å². The van der Waals surface area contributed by atoms with Crippen molar-refractivity contribution in [2.45, 2.75) is 58.7 Å². The van der Waals surface area contributed by atoms with Crippen LogP contribution in [0.4, 0.5) is 11.4 Å². The zero-order valence-electron chi connectivity index (χ0n) is 13.2. The monoisotopic (exact) mass is 290 g/mol. The predicted molar refractivity (Wildman–Crippen MR) is 86.2 cm³/mol. The molecule has 3 atom stereocenters. The van der Waals surface area contributed by atoms with Crippen molar-refractivity contribution < 1.29 is 9.53 Å². The fraction of sp³-hybridized carbons (Fsp3) is 0.588. The Morgan fingerprint density at radius 3 is 2.81 bits per heavy atom. The van der Waals surface area contributed by atoms with E-state index >= 15 is 0 Å². The highest BCUT2D eigenvalue weighted by molar-refractivity contribution is 5.95. The molecule has 1 fully saturated rings. The SMILES string of the molecule is Cc1c(N)cccc1NC(=O)C(C)OC1CCCCC1C. The molecular weight excluding hydrogens is 264 g/mol. The van der Waals surface area contributed by atoms with E-state index in [4.69, 9.17) is 10.5 Å². The van der Waals surface area contributed by atoms with Crippen LogP contribution in [0.5, 0.6) is 0 Å². The molecule has 116 valence electrons. The third-order valence-corrected chi connectivity index (χ3v) is 4.41. The summed E-state index contributed by atoms with van der Waals surface area (Å²) in [6.07, 6.45) is 4.45. The quantitative estimate of drug-likeness (QED) is 0.834. The molecule has 0 aliphatic heterocycles. The van der Waals surface area contributed by atoms with Gasteiger partial charge in [-0.1, -0.05) is 25.8 Å². The maximum absolute atomic E-state index is 12.3. The number of benzene rings is 1. The average Bonchev–Trinajstić information content (AvgIpc) is 2.46. The van der Waals surface area contributed by atoms with E-state index in [1.807, 2.05) is 32.0 Å². The summed E-state index contributed by atoms with van der Waals surface area (Å²) in [6, 6.07) is 5.53. The molecule has 1 saturated carbocycles. The first kappa shape index (κ1) is 15.8. The van der Waals surface area contributed by atoms with Gasteiger partial charge in [-0.05, 0) is 50.3 Å². The van der Waals surface area contributed by atoms with Crippen LogP contribution >= 0.6 is 0 Å². The number of nitrogen functional groups attached to an aromatic ring is 1. The molecule has 1 aliphatic carbocycles. The van der Waals surface area contributed by atoms with Crippen LogP contribution in [0.15, 0.2) is 18.2 Å². The Morgan fingerprint density at radius 1 is 1.38 bits per heavy atom. The van der Waals surface area contributed by atoms with Gasteiger partial charge in [-0.15, -0.1) is 0 Å². The van der Waals surface area contributed by atoms with Crippen molar-refractivity contribution in [1.82, 2.24) is 0 Å². The normalized spacial score (nSPS) is 23.6. The van der Waals surface area contributed by atoms with Crippen molar-refractivity contribution in [2.24, 2.45) is 5.92 Å². The Hall–Kier alpha value is -1.55. The minimum atomic E-state index is -0.448. The van der Waals surface area contributed by atoms with E-state index in [0.29, 0.717) is 11.6 Å². The summed E-state index contributed by atoms with van der Waals surface area (Å²) < 4.78 is 5.96. The molecule has 0 saturated heterocycles. The largest absolute Gasteiger partial charge is 0.398 e. The molecule has 1 aromatic carbocycles. The zero-order valence-corrected chi connectivity index (χ0v) is 13.2. The number of rotatable bonds is 4. The zero-order chi connectivity index (χ0) is 15.4. The molecule has 21 heavy (non-hydrogen) atoms. The van der Waals surface area contributed by atoms with Crippen molar-refractivity contribution >= 4 is 17.3 Å². The van der Waals surface area contributed by atoms with Crippen LogP contribution in [0.3, 0.4) is 0 Å². The number of carbonyl (C=O) groups is 1. The molecule has 3 unspecified atom stereocenters. The number of anilines is 2. The minimum Gasteiger partial charge on any atom is -0.398 e. The van der Waals surface area contributed by atoms with Gasteiger partial charge in [0.05, 0.1) is 6.10 Å². The summed E-state index contributed by atoms with van der Waals surface area (Å²) in [5, 5.41) is 2.91. The first-order valence-corrected chi connectivity index (χ1v) is 7.80. The summed E-state index contributed by atoms with van der Waals surface area (Å²) in [5.74, 6) is 0.421. The van der Waals surface area contributed by atoms with Crippen LogP contribution in [0, 0.1) is 12.8 Å². The Kier molecular flexibility index (Phi) is 5.23. The van der Waals surface area contributed by atoms with Crippen LogP contribution in [0.1, 0.15) is 45.1 Å². The molecule has 4 heteroatoms. The van der Waals surface area contributed by atoms with Gasteiger partial charge in [0, 0.05) is 11.4 Å². The van der Waals surface area contributed by atoms with Gasteiger partial charge >= 0.3 is 0 Å². The van der Waals surface area contributed by atoms with E-state index in [1.165, 1.54) is 19.3 Å². The second kappa shape index (κ2) is 6.94. The fourth-order valence-corrected chi connectivity index (χ4v) is 2.83. The lowest BCUT2D eigenvalue weighted by Crippen LogP contribution is -2.35. The molecule has 1 amide bonds. The van der Waals surface area contributed by atoms with Crippen LogP contribution in [0.2, 0.25) is 0 Å². The Labute approximate surface area is 127 Å². The molecule has 0 heterocycles. The smallest absolute Gasteiger partial charge is 0.253 e. The highest BCUT2D eigenvalue weighted by atomic mass is 16.5. The van der Waals surface area contributed by atoms with Gasteiger partial charge < -0.3 is 15.8 Å². The number of nitrogens with two attached hydrogens (primary N) is 1. The van der Waals surface area contributed by atoms with Crippen LogP contribution in [-0.4, -0.2) is 18.1 Å². The average molecular weight is 290 g/mol. The Balaban J connectivity index is 1.94. The van der Waals surface area contributed by atoms with Crippen molar-refractivity contribution in [3.05, 3.63) is 23.8 Å². The van der Waals surface area contributed by atoms with Crippen molar-refractivity contribution in [3.8, 4) is 0 Å². The number of nitrogens with one attached hydrogen (secondary N) is 1. The van der Waals surface area contributed by atoms with Gasteiger partial charge in [-0.2, -0.15) is 0 Å². The highest BCUT2D eigenvalue weighted by Gasteiger charge is 2.26. The third-order valence-electron chi connectivity index (χ3n) is 4.41. The number of hydrogen-bond donors (Lipinski definition) is 2. The maximum atomic E-state index is 12.3. The standard InChI is InChI=1S/C17H26N2O2/c1-11-7-4-5-10-16(11)21-13(3)17(20)19-15-9-6-8-14(18)12(15)2/h6,8-9,11,13,16H,4-5,7,10,18H2,1-3H3,(H,19,20). The molecule has 4 nitrogen and oxygen atoms in total.